The Hall–Kier alpha value is -6.68. The van der Waals surface area contributed by atoms with Crippen LogP contribution in [-0.4, -0.2) is 86.7 Å². The quantitative estimate of drug-likeness (QED) is 0.0342. The van der Waals surface area contributed by atoms with Gasteiger partial charge in [-0.05, 0) is 31.1 Å². The Morgan fingerprint density at radius 3 is 2.06 bits per heavy atom. The highest BCUT2D eigenvalue weighted by Crippen LogP contribution is 2.55. The molecule has 15 heteroatoms. The Kier molecular flexibility index (Phi) is 14.9. The summed E-state index contributed by atoms with van der Waals surface area (Å²) in [5.41, 5.74) is 0.756. The van der Waals surface area contributed by atoms with Crippen LogP contribution < -0.4 is 10.1 Å². The molecule has 0 saturated carbocycles. The van der Waals surface area contributed by atoms with E-state index in [2.05, 4.69) is 10.5 Å². The number of carbonyl (C=O) groups excluding carboxylic acids is 3. The van der Waals surface area contributed by atoms with Gasteiger partial charge in [-0.25, -0.2) is 0 Å². The topological polar surface area (TPSA) is 223 Å². The molecule has 0 aliphatic carbocycles. The number of ketones is 1. The Morgan fingerprint density at radius 1 is 0.848 bits per heavy atom. The number of aliphatic hydroxyl groups is 2. The minimum absolute atomic E-state index is 0.0184. The maximum absolute atomic E-state index is 14.6. The lowest BCUT2D eigenvalue weighted by molar-refractivity contribution is -0.160. The van der Waals surface area contributed by atoms with E-state index in [9.17, 15) is 39.9 Å². The van der Waals surface area contributed by atoms with Crippen LogP contribution in [0.2, 0.25) is 0 Å². The van der Waals surface area contributed by atoms with Gasteiger partial charge in [0.25, 0.3) is 11.7 Å². The average Bonchev–Trinajstić information content (AvgIpc) is 3.57. The highest BCUT2D eigenvalue weighted by molar-refractivity contribution is 6.23. The van der Waals surface area contributed by atoms with E-state index < -0.39 is 94.9 Å². The lowest BCUT2D eigenvalue weighted by Crippen LogP contribution is -2.46. The maximum atomic E-state index is 14.6. The summed E-state index contributed by atoms with van der Waals surface area (Å²) in [6, 6.07) is 18.5. The lowest BCUT2D eigenvalue weighted by Gasteiger charge is -2.38. The third-order valence-corrected chi connectivity index (χ3v) is 12.6. The van der Waals surface area contributed by atoms with Crippen molar-refractivity contribution in [3.63, 3.8) is 0 Å². The van der Waals surface area contributed by atoms with Crippen molar-refractivity contribution < 1.29 is 63.7 Å². The molecule has 3 heterocycles. The molecule has 3 aliphatic heterocycles. The van der Waals surface area contributed by atoms with Gasteiger partial charge in [-0.15, -0.1) is 0 Å². The Balaban J connectivity index is 1.53. The maximum Gasteiger partial charge on any atom is 0.312 e. The second-order valence-corrected chi connectivity index (χ2v) is 17.2. The first-order chi connectivity index (χ1) is 31.3. The number of nitrogens with one attached hydrogen (secondary N) is 1. The van der Waals surface area contributed by atoms with Crippen molar-refractivity contribution in [1.29, 1.82) is 0 Å². The number of allylic oxidation sites excluding steroid dienone is 2. The molecule has 4 aromatic carbocycles. The van der Waals surface area contributed by atoms with Crippen LogP contribution in [0.4, 0.5) is 5.69 Å². The van der Waals surface area contributed by atoms with Crippen LogP contribution in [0.25, 0.3) is 10.8 Å². The fourth-order valence-electron chi connectivity index (χ4n) is 8.59. The number of ether oxygens (including phenoxy) is 4. The van der Waals surface area contributed by atoms with Gasteiger partial charge in [0.05, 0.1) is 53.0 Å². The van der Waals surface area contributed by atoms with Crippen molar-refractivity contribution in [2.75, 3.05) is 12.4 Å². The lowest BCUT2D eigenvalue weighted by atomic mass is 9.78. The summed E-state index contributed by atoms with van der Waals surface area (Å²) in [6.07, 6.45) is 3.74. The molecule has 0 saturated heterocycles. The predicted molar refractivity (Wildman–Crippen MR) is 247 cm³/mol. The molecule has 0 aromatic heterocycles. The molecule has 0 spiro atoms. The van der Waals surface area contributed by atoms with Gasteiger partial charge in [-0.2, -0.15) is 0 Å². The number of phenolic OH excluding ortho intramolecular Hbond substituents is 3. The number of benzene rings is 4. The Morgan fingerprint density at radius 2 is 1.47 bits per heavy atom. The number of hydrogen-bond donors (Lipinski definition) is 6. The van der Waals surface area contributed by atoms with Crippen molar-refractivity contribution in [2.45, 2.75) is 91.7 Å². The number of phenols is 3. The highest BCUT2D eigenvalue weighted by atomic mass is 16.7. The van der Waals surface area contributed by atoms with Crippen LogP contribution in [0.15, 0.2) is 102 Å². The third-order valence-electron chi connectivity index (χ3n) is 12.6. The molecule has 9 atom stereocenters. The normalized spacial score (nSPS) is 28.1. The Bertz CT molecular complexity index is 2530. The van der Waals surface area contributed by atoms with Crippen molar-refractivity contribution in [3.05, 3.63) is 125 Å². The van der Waals surface area contributed by atoms with E-state index in [1.165, 1.54) is 53.2 Å². The van der Waals surface area contributed by atoms with Gasteiger partial charge in [0.2, 0.25) is 0 Å². The number of oxime groups is 1. The largest absolute Gasteiger partial charge is 0.507 e. The summed E-state index contributed by atoms with van der Waals surface area (Å²) in [5.74, 6) is -8.88. The number of hydrogen-bond acceptors (Lipinski definition) is 14. The van der Waals surface area contributed by atoms with Crippen LogP contribution in [0.3, 0.4) is 0 Å². The summed E-state index contributed by atoms with van der Waals surface area (Å²) < 4.78 is 23.7. The molecule has 6 N–H and O–H groups in total. The van der Waals surface area contributed by atoms with Gasteiger partial charge in [-0.1, -0.05) is 112 Å². The van der Waals surface area contributed by atoms with E-state index in [0.717, 1.165) is 17.3 Å². The van der Waals surface area contributed by atoms with Crippen LogP contribution in [0.1, 0.15) is 87.2 Å². The number of Topliss-reactive ketones (excluding diaryl/α,β-unsaturated/α-hetero) is 1. The summed E-state index contributed by atoms with van der Waals surface area (Å²) in [5, 5.41) is 65.3. The second-order valence-electron chi connectivity index (χ2n) is 17.2. The molecule has 0 radical (unpaired) electrons. The van der Waals surface area contributed by atoms with Crippen LogP contribution in [0.5, 0.6) is 23.0 Å². The third kappa shape index (κ3) is 9.64. The van der Waals surface area contributed by atoms with E-state index in [0.29, 0.717) is 0 Å². The minimum Gasteiger partial charge on any atom is -0.507 e. The van der Waals surface area contributed by atoms with E-state index in [-0.39, 0.29) is 44.5 Å². The monoisotopic (exact) mass is 906 g/mol. The SMILES string of the molecule is CO[C@H]1/C=C/O[C@@]2(C)Oc3c(C)c(O)c4c(O)c(c(/C=N\OC(c5ccccc5)c5ccccc5)c(O)c4c3C2=O)NC(=O)/C(C)=C\C=C\[C@H](C)[C@H](O)[C@@H](C)[C@@H](O)[C@@H](C)[C@H](OC(C)=O)[C@@H]1C. The van der Waals surface area contributed by atoms with E-state index in [4.69, 9.17) is 23.8 Å². The molecule has 66 heavy (non-hydrogen) atoms. The summed E-state index contributed by atoms with van der Waals surface area (Å²) >= 11 is 0. The molecule has 350 valence electrons. The molecule has 1 amide bonds. The summed E-state index contributed by atoms with van der Waals surface area (Å²) in [7, 11) is 1.43. The number of amides is 1. The fraction of sp³-hybridized carbons (Fsp3) is 0.373. The number of methoxy groups -OCH3 is 1. The number of aromatic hydroxyl groups is 3. The number of anilines is 1. The number of rotatable bonds is 7. The predicted octanol–water partition coefficient (Wildman–Crippen LogP) is 7.89. The van der Waals surface area contributed by atoms with Crippen molar-refractivity contribution in [1.82, 2.24) is 0 Å². The number of carbonyl (C=O) groups is 3. The average molecular weight is 907 g/mol. The van der Waals surface area contributed by atoms with E-state index in [1.807, 2.05) is 60.7 Å². The zero-order valence-corrected chi connectivity index (χ0v) is 38.4. The summed E-state index contributed by atoms with van der Waals surface area (Å²) in [6.45, 7) is 12.4. The molecule has 0 fully saturated rings. The van der Waals surface area contributed by atoms with Gasteiger partial charge in [0, 0.05) is 61.2 Å². The van der Waals surface area contributed by atoms with Gasteiger partial charge in [0.15, 0.2) is 11.9 Å². The number of nitrogens with zero attached hydrogens (tertiary/aromatic N) is 1. The first-order valence-corrected chi connectivity index (χ1v) is 21.7. The zero-order chi connectivity index (χ0) is 48.2. The van der Waals surface area contributed by atoms with Gasteiger partial charge in [0.1, 0.15) is 23.4 Å². The number of esters is 1. The molecular weight excluding hydrogens is 849 g/mol. The van der Waals surface area contributed by atoms with Crippen molar-refractivity contribution >= 4 is 40.3 Å². The minimum atomic E-state index is -2.10. The molecule has 4 aromatic rings. The van der Waals surface area contributed by atoms with E-state index in [1.54, 1.807) is 39.8 Å². The Labute approximate surface area is 383 Å². The second kappa shape index (κ2) is 20.2. The van der Waals surface area contributed by atoms with Crippen LogP contribution >= 0.6 is 0 Å². The van der Waals surface area contributed by atoms with Gasteiger partial charge >= 0.3 is 11.8 Å². The highest BCUT2D eigenvalue weighted by Gasteiger charge is 2.50. The zero-order valence-electron chi connectivity index (χ0n) is 38.4. The molecular formula is C51H58N2O13. The molecule has 7 rings (SSSR count). The standard InChI is InChI=1S/C51H58N2O13/c1-26-17-16-18-27(2)50(61)53-40-35(25-52-66-48(33-19-12-10-13-20-33)34-21-14-11-15-22-34)44(58)37-38(45(40)59)43(57)31(6)47-39(37)49(60)51(8,65-47)63-24-23-36(62-9)28(3)46(64-32(7)54)30(5)42(56)29(4)41(26)55/h10-26,28-30,36,41-42,46,48,55-59H,1-9H3,(H,53,61)/b17-16+,24-23+,27-18-,52-25-/t26-,28+,29+,30+,36-,41-,42+,46+,51-/m0/s1. The molecule has 3 aliphatic rings. The van der Waals surface area contributed by atoms with Crippen LogP contribution in [-0.2, 0) is 28.6 Å². The van der Waals surface area contributed by atoms with Crippen LogP contribution in [0, 0.1) is 30.6 Å². The smallest absolute Gasteiger partial charge is 0.312 e. The molecule has 15 nitrogen and oxygen atoms in total. The molecule has 0 unspecified atom stereocenters. The first-order valence-electron chi connectivity index (χ1n) is 21.7. The fourth-order valence-corrected chi connectivity index (χ4v) is 8.59. The molecule has 5 bridgehead atoms. The van der Waals surface area contributed by atoms with Gasteiger partial charge in [-0.3, -0.25) is 14.4 Å². The van der Waals surface area contributed by atoms with Crippen molar-refractivity contribution in [2.24, 2.45) is 28.8 Å². The first kappa shape index (κ1) is 48.8. The van der Waals surface area contributed by atoms with Gasteiger partial charge < -0.3 is 54.6 Å². The number of aliphatic hydroxyl groups excluding tert-OH is 2. The summed E-state index contributed by atoms with van der Waals surface area (Å²) in [4.78, 5) is 47.0. The number of fused-ring (bicyclic) bond motifs is 14. The van der Waals surface area contributed by atoms with E-state index >= 15 is 0 Å². The van der Waals surface area contributed by atoms with Crippen molar-refractivity contribution in [3.8, 4) is 23.0 Å².